The van der Waals surface area contributed by atoms with Gasteiger partial charge < -0.3 is 4.74 Å². The molecule has 0 saturated carbocycles. The Morgan fingerprint density at radius 3 is 2.74 bits per heavy atom. The van der Waals surface area contributed by atoms with Crippen LogP contribution in [0.5, 0.6) is 5.75 Å². The van der Waals surface area contributed by atoms with Crippen molar-refractivity contribution in [2.75, 3.05) is 6.61 Å². The molecular weight excluding hydrogens is 427 g/mol. The van der Waals surface area contributed by atoms with Crippen LogP contribution >= 0.6 is 32.8 Å². The highest BCUT2D eigenvalue weighted by Crippen LogP contribution is 2.24. The van der Waals surface area contributed by atoms with Crippen LogP contribution in [0.4, 0.5) is 4.79 Å². The van der Waals surface area contributed by atoms with Crippen LogP contribution in [-0.2, 0) is 11.2 Å². The maximum atomic E-state index is 11.6. The predicted molar refractivity (Wildman–Crippen MR) is 98.8 cm³/mol. The second-order valence-electron chi connectivity index (χ2n) is 4.99. The number of ether oxygens (including phenoxy) is 1. The van der Waals surface area contributed by atoms with Crippen LogP contribution in [0.15, 0.2) is 49.3 Å². The normalized spacial score (nSPS) is 20.0. The first-order valence-electron chi connectivity index (χ1n) is 7.13. The van der Waals surface area contributed by atoms with E-state index in [9.17, 15) is 9.59 Å². The first-order chi connectivity index (χ1) is 11.2. The maximum absolute atomic E-state index is 11.6. The van der Waals surface area contributed by atoms with Crippen LogP contribution in [0.2, 0.25) is 0 Å². The summed E-state index contributed by atoms with van der Waals surface area (Å²) in [6, 6.07) is 7.66. The second-order valence-corrected chi connectivity index (χ2v) is 7.92. The maximum Gasteiger partial charge on any atom is 0.286 e. The lowest BCUT2D eigenvalue weighted by Crippen LogP contribution is -2.25. The van der Waals surface area contributed by atoms with Gasteiger partial charge in [0.25, 0.3) is 5.24 Å². The molecule has 2 heterocycles. The van der Waals surface area contributed by atoms with Gasteiger partial charge in [-0.25, -0.2) is 3.15 Å². The number of halogens is 1. The molecule has 3 rings (SSSR count). The number of rotatable bonds is 6. The molecule has 0 aromatic heterocycles. The first kappa shape index (κ1) is 16.4. The molecule has 2 aliphatic heterocycles. The van der Waals surface area contributed by atoms with Gasteiger partial charge in [0, 0.05) is 33.2 Å². The lowest BCUT2D eigenvalue weighted by molar-refractivity contribution is -0.118. The predicted octanol–water partition coefficient (Wildman–Crippen LogP) is 3.92. The Labute approximate surface area is 148 Å². The number of carbonyl (C=O) groups is 2. The van der Waals surface area contributed by atoms with Gasteiger partial charge in [0.15, 0.2) is 0 Å². The van der Waals surface area contributed by atoms with E-state index >= 15 is 0 Å². The minimum atomic E-state index is -0.328. The standard InChI is InChI=1S/C16H15IN2O3S/c20-15-14(23-16(21)18-15)10-11-3-5-13(6-4-11)22-9-7-12-2-1-8-17-19-12/h1-6,8,14H,7,9-10H2,(H,18,20,21). The minimum Gasteiger partial charge on any atom is -0.493 e. The van der Waals surface area contributed by atoms with Crippen molar-refractivity contribution in [1.82, 2.24) is 5.32 Å². The van der Waals surface area contributed by atoms with Crippen molar-refractivity contribution in [3.8, 4) is 5.75 Å². The molecule has 1 fully saturated rings. The number of hydrogen-bond acceptors (Lipinski definition) is 5. The Morgan fingerprint density at radius 2 is 2.09 bits per heavy atom. The van der Waals surface area contributed by atoms with E-state index in [2.05, 4.69) is 18.6 Å². The summed E-state index contributed by atoms with van der Waals surface area (Å²) >= 11 is 0.897. The summed E-state index contributed by atoms with van der Waals surface area (Å²) in [5.74, 6) is 0.594. The van der Waals surface area contributed by atoms with E-state index in [0.29, 0.717) is 13.0 Å². The van der Waals surface area contributed by atoms with Crippen molar-refractivity contribution >= 4 is 43.9 Å². The average Bonchev–Trinajstić information content (AvgIpc) is 2.88. The van der Waals surface area contributed by atoms with E-state index in [1.54, 1.807) is 0 Å². The largest absolute Gasteiger partial charge is 0.493 e. The van der Waals surface area contributed by atoms with Crippen LogP contribution < -0.4 is 10.1 Å². The van der Waals surface area contributed by atoms with Crippen LogP contribution in [0.1, 0.15) is 12.0 Å². The number of hydrogen-bond donors (Lipinski definition) is 1. The summed E-state index contributed by atoms with van der Waals surface area (Å²) in [6.45, 7) is 0.599. The molecule has 1 unspecified atom stereocenters. The molecule has 2 aliphatic rings. The Balaban J connectivity index is 1.48. The van der Waals surface area contributed by atoms with E-state index in [1.165, 1.54) is 0 Å². The van der Waals surface area contributed by atoms with E-state index < -0.39 is 0 Å². The molecule has 0 aliphatic carbocycles. The summed E-state index contributed by atoms with van der Waals surface area (Å²) in [7, 11) is 0. The highest BCUT2D eigenvalue weighted by Gasteiger charge is 2.31. The van der Waals surface area contributed by atoms with Crippen molar-refractivity contribution in [1.29, 1.82) is 0 Å². The average molecular weight is 442 g/mol. The van der Waals surface area contributed by atoms with Gasteiger partial charge >= 0.3 is 0 Å². The van der Waals surface area contributed by atoms with Crippen molar-refractivity contribution in [3.05, 3.63) is 51.8 Å². The quantitative estimate of drug-likeness (QED) is 0.679. The van der Waals surface area contributed by atoms with Gasteiger partial charge in [0.1, 0.15) is 5.75 Å². The molecule has 1 atom stereocenters. The number of benzene rings is 1. The molecule has 23 heavy (non-hydrogen) atoms. The van der Waals surface area contributed by atoms with Gasteiger partial charge in [0.05, 0.1) is 11.9 Å². The zero-order valence-corrected chi connectivity index (χ0v) is 15.2. The smallest absolute Gasteiger partial charge is 0.286 e. The zero-order valence-electron chi connectivity index (χ0n) is 12.2. The molecule has 5 nitrogen and oxygen atoms in total. The van der Waals surface area contributed by atoms with Gasteiger partial charge in [0.2, 0.25) is 5.91 Å². The van der Waals surface area contributed by atoms with Crippen LogP contribution in [0.3, 0.4) is 0 Å². The molecule has 0 bridgehead atoms. The lowest BCUT2D eigenvalue weighted by Gasteiger charge is -2.09. The fraction of sp³-hybridized carbons (Fsp3) is 0.250. The highest BCUT2D eigenvalue weighted by molar-refractivity contribution is 14.2. The molecule has 0 radical (unpaired) electrons. The third-order valence-corrected chi connectivity index (χ3v) is 5.93. The van der Waals surface area contributed by atoms with Crippen molar-refractivity contribution < 1.29 is 14.3 Å². The molecule has 1 N–H and O–H groups in total. The number of nitrogens with zero attached hydrogens (tertiary/aromatic N) is 1. The van der Waals surface area contributed by atoms with Gasteiger partial charge in [-0.1, -0.05) is 30.0 Å². The van der Waals surface area contributed by atoms with E-state index in [4.69, 9.17) is 4.74 Å². The minimum absolute atomic E-state index is 0.155. The molecule has 0 spiro atoms. The Kier molecular flexibility index (Phi) is 5.60. The molecule has 2 amide bonds. The van der Waals surface area contributed by atoms with Crippen molar-refractivity contribution in [3.63, 3.8) is 0 Å². The van der Waals surface area contributed by atoms with Gasteiger partial charge in [-0.3, -0.25) is 14.9 Å². The third kappa shape index (κ3) is 4.74. The third-order valence-electron chi connectivity index (χ3n) is 3.31. The number of imide groups is 1. The first-order valence-corrected chi connectivity index (χ1v) is 10.2. The van der Waals surface area contributed by atoms with Crippen molar-refractivity contribution in [2.24, 2.45) is 3.15 Å². The Bertz CT molecular complexity index is 698. The fourth-order valence-corrected chi connectivity index (χ4v) is 4.34. The van der Waals surface area contributed by atoms with Crippen LogP contribution in [0, 0.1) is 0 Å². The molecular formula is C16H15IN2O3S. The van der Waals surface area contributed by atoms with Crippen LogP contribution in [-0.4, -0.2) is 23.0 Å². The molecule has 1 saturated heterocycles. The van der Waals surface area contributed by atoms with Gasteiger partial charge in [-0.2, -0.15) is 0 Å². The Morgan fingerprint density at radius 1 is 1.26 bits per heavy atom. The summed E-state index contributed by atoms with van der Waals surface area (Å²) in [4.78, 5) is 22.7. The summed E-state index contributed by atoms with van der Waals surface area (Å²) < 4.78 is 12.3. The zero-order chi connectivity index (χ0) is 16.1. The molecule has 1 aromatic rings. The molecule has 7 heteroatoms. The number of allylic oxidation sites excluding steroid dienone is 2. The summed E-state index contributed by atoms with van der Waals surface area (Å²) in [5.41, 5.74) is 2.12. The molecule has 1 aromatic carbocycles. The summed E-state index contributed by atoms with van der Waals surface area (Å²) in [6.07, 6.45) is 5.45. The van der Waals surface area contributed by atoms with Gasteiger partial charge in [-0.05, 0) is 34.3 Å². The fourth-order valence-electron chi connectivity index (χ4n) is 2.16. The molecule has 120 valence electrons. The topological polar surface area (TPSA) is 67.8 Å². The summed E-state index contributed by atoms with van der Waals surface area (Å²) in [5, 5.41) is 1.71. The van der Waals surface area contributed by atoms with Gasteiger partial charge in [-0.15, -0.1) is 0 Å². The van der Waals surface area contributed by atoms with Crippen LogP contribution in [0.25, 0.3) is 0 Å². The SMILES string of the molecule is O=C1NC(=O)C(Cc2ccc(OCCC3=CC=CI=N3)cc2)S1. The number of nitrogens with one attached hydrogen (secondary N) is 1. The van der Waals surface area contributed by atoms with Crippen molar-refractivity contribution in [2.45, 2.75) is 18.1 Å². The van der Waals surface area contributed by atoms with E-state index in [1.807, 2.05) is 30.3 Å². The lowest BCUT2D eigenvalue weighted by atomic mass is 10.1. The second kappa shape index (κ2) is 7.87. The number of amides is 2. The monoisotopic (exact) mass is 442 g/mol. The number of thioether (sulfide) groups is 1. The van der Waals surface area contributed by atoms with E-state index in [-0.39, 0.29) is 37.4 Å². The number of carbonyl (C=O) groups excluding carboxylic acids is 2. The highest BCUT2D eigenvalue weighted by atomic mass is 127. The Hall–Kier alpha value is -1.48. The van der Waals surface area contributed by atoms with E-state index in [0.717, 1.165) is 35.2 Å².